The lowest BCUT2D eigenvalue weighted by molar-refractivity contribution is 0.0520. The lowest BCUT2D eigenvalue weighted by Crippen LogP contribution is -2.36. The van der Waals surface area contributed by atoms with Crippen LogP contribution in [0.1, 0.15) is 57.9 Å². The number of carbonyl (C=O) groups excluding carboxylic acids is 1. The van der Waals surface area contributed by atoms with Gasteiger partial charge in [0.25, 0.3) is 0 Å². The quantitative estimate of drug-likeness (QED) is 0.904. The molecule has 0 unspecified atom stereocenters. The number of alkyl carbamates (subject to hydrolysis) is 1. The molecule has 1 aliphatic heterocycles. The van der Waals surface area contributed by atoms with Crippen LogP contribution in [-0.2, 0) is 4.74 Å². The first-order valence-corrected chi connectivity index (χ1v) is 9.14. The van der Waals surface area contributed by atoms with Gasteiger partial charge in [-0.05, 0) is 75.6 Å². The fourth-order valence-corrected chi connectivity index (χ4v) is 3.53. The van der Waals surface area contributed by atoms with Crippen molar-refractivity contribution in [3.05, 3.63) is 29.8 Å². The molecule has 4 nitrogen and oxygen atoms in total. The smallest absolute Gasteiger partial charge is 0.407 e. The van der Waals surface area contributed by atoms with Crippen LogP contribution in [0.4, 0.5) is 10.5 Å². The molecule has 1 aliphatic carbocycles. The predicted octanol–water partition coefficient (Wildman–Crippen LogP) is 4.11. The molecule has 1 heterocycles. The van der Waals surface area contributed by atoms with Crippen molar-refractivity contribution in [2.75, 3.05) is 24.5 Å². The number of benzene rings is 1. The molecule has 1 atom stereocenters. The normalized spacial score (nSPS) is 21.5. The molecule has 2 fully saturated rings. The first-order chi connectivity index (χ1) is 11.4. The van der Waals surface area contributed by atoms with Gasteiger partial charge in [-0.15, -0.1) is 0 Å². The first-order valence-electron chi connectivity index (χ1n) is 9.14. The van der Waals surface area contributed by atoms with Crippen LogP contribution >= 0.6 is 0 Å². The highest BCUT2D eigenvalue weighted by molar-refractivity contribution is 5.67. The molecule has 2 aliphatic rings. The molecule has 3 rings (SSSR count). The Hall–Kier alpha value is -1.71. The van der Waals surface area contributed by atoms with Crippen LogP contribution in [0.15, 0.2) is 18.2 Å². The molecular formula is C20H29N2O2. The van der Waals surface area contributed by atoms with Crippen LogP contribution in [0.25, 0.3) is 0 Å². The van der Waals surface area contributed by atoms with Crippen molar-refractivity contribution in [3.63, 3.8) is 0 Å². The fourth-order valence-electron chi connectivity index (χ4n) is 3.53. The third kappa shape index (κ3) is 4.22. The van der Waals surface area contributed by atoms with Gasteiger partial charge >= 0.3 is 6.09 Å². The van der Waals surface area contributed by atoms with E-state index < -0.39 is 5.60 Å². The minimum Gasteiger partial charge on any atom is -0.444 e. The van der Waals surface area contributed by atoms with Crippen LogP contribution in [0, 0.1) is 12.0 Å². The molecule has 0 bridgehead atoms. The number of hydrogen-bond donors (Lipinski definition) is 1. The van der Waals surface area contributed by atoms with Crippen LogP contribution in [0.2, 0.25) is 0 Å². The summed E-state index contributed by atoms with van der Waals surface area (Å²) in [4.78, 5) is 14.3. The fraction of sp³-hybridized carbons (Fsp3) is 0.650. The summed E-state index contributed by atoms with van der Waals surface area (Å²) in [5.74, 6) is 1.20. The van der Waals surface area contributed by atoms with Gasteiger partial charge in [0.1, 0.15) is 5.60 Å². The first kappa shape index (κ1) is 17.1. The summed E-state index contributed by atoms with van der Waals surface area (Å²) < 4.78 is 5.31. The Kier molecular flexibility index (Phi) is 5.02. The zero-order valence-corrected chi connectivity index (χ0v) is 15.1. The molecule has 1 radical (unpaired) electrons. The third-order valence-electron chi connectivity index (χ3n) is 4.98. The highest BCUT2D eigenvalue weighted by atomic mass is 16.6. The van der Waals surface area contributed by atoms with Crippen molar-refractivity contribution in [3.8, 4) is 0 Å². The maximum Gasteiger partial charge on any atom is 0.407 e. The largest absolute Gasteiger partial charge is 0.444 e. The van der Waals surface area contributed by atoms with Crippen molar-refractivity contribution in [1.29, 1.82) is 0 Å². The summed E-state index contributed by atoms with van der Waals surface area (Å²) in [7, 11) is 0. The minimum absolute atomic E-state index is 0.314. The van der Waals surface area contributed by atoms with Gasteiger partial charge in [-0.2, -0.15) is 0 Å². The second kappa shape index (κ2) is 7.04. The molecule has 0 spiro atoms. The SMILES string of the molecule is CC(C)(C)OC(=O)NC[C@@H]1CCN(c2cc[c]cc2C2CCC2)C1. The summed E-state index contributed by atoms with van der Waals surface area (Å²) in [6, 6.07) is 9.64. The standard InChI is InChI=1S/C20H29N2O2/c1-20(2,3)24-19(23)21-13-15-11-12-22(14-15)18-10-5-4-9-17(18)16-7-6-8-16/h5,9-10,15-16H,6-8,11-14H2,1-3H3,(H,21,23)/t15-/m0/s1. The summed E-state index contributed by atoms with van der Waals surface area (Å²) >= 11 is 0. The summed E-state index contributed by atoms with van der Waals surface area (Å²) in [6.45, 7) is 8.40. The van der Waals surface area contributed by atoms with E-state index in [0.717, 1.165) is 25.4 Å². The highest BCUT2D eigenvalue weighted by Crippen LogP contribution is 2.41. The van der Waals surface area contributed by atoms with Gasteiger partial charge in [0.15, 0.2) is 0 Å². The van der Waals surface area contributed by atoms with Gasteiger partial charge in [-0.25, -0.2) is 4.79 Å². The van der Waals surface area contributed by atoms with Crippen molar-refractivity contribution in [2.45, 2.75) is 58.0 Å². The van der Waals surface area contributed by atoms with E-state index in [4.69, 9.17) is 4.74 Å². The number of amides is 1. The number of nitrogens with zero attached hydrogens (tertiary/aromatic N) is 1. The molecule has 1 N–H and O–H groups in total. The number of anilines is 1. The highest BCUT2D eigenvalue weighted by Gasteiger charge is 2.28. The van der Waals surface area contributed by atoms with E-state index in [1.165, 1.54) is 30.5 Å². The minimum atomic E-state index is -0.440. The predicted molar refractivity (Wildman–Crippen MR) is 96.4 cm³/mol. The maximum atomic E-state index is 11.8. The Labute approximate surface area is 145 Å². The van der Waals surface area contributed by atoms with E-state index in [0.29, 0.717) is 12.5 Å². The Morgan fingerprint density at radius 2 is 2.17 bits per heavy atom. The van der Waals surface area contributed by atoms with Crippen LogP contribution in [0.5, 0.6) is 0 Å². The van der Waals surface area contributed by atoms with E-state index in [1.54, 1.807) is 0 Å². The van der Waals surface area contributed by atoms with Crippen LogP contribution in [-0.4, -0.2) is 31.3 Å². The molecule has 0 aromatic heterocycles. The average molecular weight is 329 g/mol. The molecule has 1 amide bonds. The number of hydrogen-bond acceptors (Lipinski definition) is 3. The van der Waals surface area contributed by atoms with Crippen LogP contribution in [0.3, 0.4) is 0 Å². The molecule has 24 heavy (non-hydrogen) atoms. The Morgan fingerprint density at radius 1 is 1.38 bits per heavy atom. The number of rotatable bonds is 4. The van der Waals surface area contributed by atoms with Crippen LogP contribution < -0.4 is 10.2 Å². The molecule has 1 aromatic carbocycles. The Morgan fingerprint density at radius 3 is 2.83 bits per heavy atom. The number of carbonyl (C=O) groups is 1. The molecular weight excluding hydrogens is 300 g/mol. The van der Waals surface area contributed by atoms with Crippen molar-refractivity contribution in [2.24, 2.45) is 5.92 Å². The maximum absolute atomic E-state index is 11.8. The zero-order valence-electron chi connectivity index (χ0n) is 15.1. The summed E-state index contributed by atoms with van der Waals surface area (Å²) in [6.07, 6.45) is 4.76. The van der Waals surface area contributed by atoms with Gasteiger partial charge < -0.3 is 15.0 Å². The van der Waals surface area contributed by atoms with Gasteiger partial charge in [0.05, 0.1) is 0 Å². The van der Waals surface area contributed by atoms with Gasteiger partial charge in [0.2, 0.25) is 0 Å². The van der Waals surface area contributed by atoms with E-state index in [1.807, 2.05) is 26.8 Å². The van der Waals surface area contributed by atoms with E-state index in [-0.39, 0.29) is 6.09 Å². The lowest BCUT2D eigenvalue weighted by atomic mass is 9.79. The Balaban J connectivity index is 1.53. The van der Waals surface area contributed by atoms with Gasteiger partial charge in [-0.1, -0.05) is 12.5 Å². The van der Waals surface area contributed by atoms with E-state index in [2.05, 4.69) is 28.4 Å². The van der Waals surface area contributed by atoms with Crippen molar-refractivity contribution >= 4 is 11.8 Å². The summed E-state index contributed by atoms with van der Waals surface area (Å²) in [5.41, 5.74) is 2.40. The third-order valence-corrected chi connectivity index (χ3v) is 4.98. The lowest BCUT2D eigenvalue weighted by Gasteiger charge is -2.31. The van der Waals surface area contributed by atoms with E-state index >= 15 is 0 Å². The van der Waals surface area contributed by atoms with Crippen molar-refractivity contribution in [1.82, 2.24) is 5.32 Å². The monoisotopic (exact) mass is 329 g/mol. The second-order valence-electron chi connectivity index (χ2n) is 8.10. The topological polar surface area (TPSA) is 41.6 Å². The Bertz CT molecular complexity index is 575. The zero-order chi connectivity index (χ0) is 17.2. The summed E-state index contributed by atoms with van der Waals surface area (Å²) in [5, 5.41) is 2.92. The van der Waals surface area contributed by atoms with Crippen molar-refractivity contribution < 1.29 is 9.53 Å². The van der Waals surface area contributed by atoms with Gasteiger partial charge in [0, 0.05) is 25.3 Å². The molecule has 4 heteroatoms. The molecule has 131 valence electrons. The van der Waals surface area contributed by atoms with Gasteiger partial charge in [-0.3, -0.25) is 0 Å². The number of ether oxygens (including phenoxy) is 1. The van der Waals surface area contributed by atoms with E-state index in [9.17, 15) is 4.79 Å². The average Bonchev–Trinajstić information content (AvgIpc) is 2.91. The number of nitrogens with one attached hydrogen (secondary N) is 1. The molecule has 1 saturated carbocycles. The molecule has 1 saturated heterocycles. The molecule has 1 aromatic rings. The second-order valence-corrected chi connectivity index (χ2v) is 8.10.